The average molecular weight is 342 g/mol. The molecule has 0 unspecified atom stereocenters. The van der Waals surface area contributed by atoms with E-state index in [1.54, 1.807) is 18.9 Å². The molecule has 0 amide bonds. The summed E-state index contributed by atoms with van der Waals surface area (Å²) in [6.45, 7) is 2.26. The first-order valence-corrected chi connectivity index (χ1v) is 8.18. The van der Waals surface area contributed by atoms with Crippen LogP contribution in [0.15, 0.2) is 52.3 Å². The summed E-state index contributed by atoms with van der Waals surface area (Å²) < 4.78 is 5.03. The predicted octanol–water partition coefficient (Wildman–Crippen LogP) is 4.88. The zero-order valence-electron chi connectivity index (χ0n) is 11.7. The molecule has 0 atom stereocenters. The van der Waals surface area contributed by atoms with E-state index >= 15 is 0 Å². The Morgan fingerprint density at radius 2 is 1.95 bits per heavy atom. The van der Waals surface area contributed by atoms with Gasteiger partial charge in [0.2, 0.25) is 0 Å². The molecule has 2 nitrogen and oxygen atoms in total. The Morgan fingerprint density at radius 1 is 1.14 bits per heavy atom. The van der Waals surface area contributed by atoms with Gasteiger partial charge in [-0.15, -0.1) is 0 Å². The van der Waals surface area contributed by atoms with Gasteiger partial charge in [0.05, 0.1) is 11.6 Å². The van der Waals surface area contributed by atoms with Crippen LogP contribution in [0.3, 0.4) is 0 Å². The molecule has 1 N–H and O–H groups in total. The molecule has 0 radical (unpaired) electrons. The summed E-state index contributed by atoms with van der Waals surface area (Å²) in [6, 6.07) is 13.7. The van der Waals surface area contributed by atoms with E-state index < -0.39 is 0 Å². The van der Waals surface area contributed by atoms with Crippen molar-refractivity contribution in [2.24, 2.45) is 0 Å². The van der Waals surface area contributed by atoms with Crippen molar-refractivity contribution in [1.29, 1.82) is 0 Å². The number of benzene rings is 2. The smallest absolute Gasteiger partial charge is 0.0587 e. The molecule has 0 heterocycles. The van der Waals surface area contributed by atoms with E-state index in [9.17, 15) is 0 Å². The van der Waals surface area contributed by atoms with Gasteiger partial charge in [-0.3, -0.25) is 0 Å². The highest BCUT2D eigenvalue weighted by molar-refractivity contribution is 7.99. The van der Waals surface area contributed by atoms with Crippen LogP contribution in [0.25, 0.3) is 0 Å². The highest BCUT2D eigenvalue weighted by atomic mass is 35.5. The second-order valence-electron chi connectivity index (χ2n) is 4.46. The molecule has 0 aliphatic heterocycles. The lowest BCUT2D eigenvalue weighted by Gasteiger charge is -2.12. The first kappa shape index (κ1) is 16.7. The van der Waals surface area contributed by atoms with Crippen LogP contribution in [-0.4, -0.2) is 20.3 Å². The van der Waals surface area contributed by atoms with E-state index in [0.29, 0.717) is 6.61 Å². The molecular formula is C16H17Cl2NOS. The zero-order chi connectivity index (χ0) is 15.1. The molecule has 112 valence electrons. The normalized spacial score (nSPS) is 10.8. The van der Waals surface area contributed by atoms with Gasteiger partial charge >= 0.3 is 0 Å². The van der Waals surface area contributed by atoms with Gasteiger partial charge in [0.25, 0.3) is 0 Å². The number of hydrogen-bond acceptors (Lipinski definition) is 3. The molecule has 0 saturated heterocycles. The van der Waals surface area contributed by atoms with Crippen molar-refractivity contribution in [3.63, 3.8) is 0 Å². The van der Waals surface area contributed by atoms with Crippen LogP contribution in [0.1, 0.15) is 5.56 Å². The Labute approximate surface area is 139 Å². The van der Waals surface area contributed by atoms with Gasteiger partial charge in [-0.2, -0.15) is 0 Å². The van der Waals surface area contributed by atoms with Crippen LogP contribution in [-0.2, 0) is 11.3 Å². The third kappa shape index (κ3) is 5.20. The summed E-state index contributed by atoms with van der Waals surface area (Å²) in [7, 11) is 1.70. The van der Waals surface area contributed by atoms with Crippen molar-refractivity contribution < 1.29 is 4.74 Å². The maximum atomic E-state index is 6.35. The largest absolute Gasteiger partial charge is 0.383 e. The van der Waals surface area contributed by atoms with Gasteiger partial charge in [-0.25, -0.2) is 0 Å². The monoisotopic (exact) mass is 341 g/mol. The van der Waals surface area contributed by atoms with E-state index in [1.165, 1.54) is 5.56 Å². The number of ether oxygens (including phenoxy) is 1. The second-order valence-corrected chi connectivity index (χ2v) is 6.38. The molecule has 0 aromatic heterocycles. The fourth-order valence-corrected chi connectivity index (χ4v) is 3.42. The third-order valence-corrected chi connectivity index (χ3v) is 4.70. The molecule has 2 aromatic carbocycles. The lowest BCUT2D eigenvalue weighted by Crippen LogP contribution is -2.18. The standard InChI is InChI=1S/C16H17Cl2NOS/c1-20-9-8-19-11-12-4-2-7-15(18)16(12)21-14-6-3-5-13(17)10-14/h2-7,10,19H,8-9,11H2,1H3. The van der Waals surface area contributed by atoms with Gasteiger partial charge in [0.15, 0.2) is 0 Å². The molecule has 0 bridgehead atoms. The Morgan fingerprint density at radius 3 is 2.71 bits per heavy atom. The van der Waals surface area contributed by atoms with Gasteiger partial charge in [0.1, 0.15) is 0 Å². The molecular weight excluding hydrogens is 325 g/mol. The minimum atomic E-state index is 0.692. The van der Waals surface area contributed by atoms with Crippen molar-refractivity contribution in [3.8, 4) is 0 Å². The summed E-state index contributed by atoms with van der Waals surface area (Å²) in [5.74, 6) is 0. The van der Waals surface area contributed by atoms with E-state index in [1.807, 2.05) is 36.4 Å². The first-order chi connectivity index (χ1) is 10.2. The molecule has 0 spiro atoms. The van der Waals surface area contributed by atoms with E-state index in [-0.39, 0.29) is 0 Å². The highest BCUT2D eigenvalue weighted by Gasteiger charge is 2.09. The fourth-order valence-electron chi connectivity index (χ4n) is 1.85. The number of methoxy groups -OCH3 is 1. The second kappa shape index (κ2) is 8.66. The number of hydrogen-bond donors (Lipinski definition) is 1. The Bertz CT molecular complexity index is 592. The molecule has 0 saturated carbocycles. The Balaban J connectivity index is 2.13. The number of nitrogens with one attached hydrogen (secondary N) is 1. The quantitative estimate of drug-likeness (QED) is 0.725. The summed E-state index contributed by atoms with van der Waals surface area (Å²) in [4.78, 5) is 2.14. The summed E-state index contributed by atoms with van der Waals surface area (Å²) in [6.07, 6.45) is 0. The van der Waals surface area contributed by atoms with Gasteiger partial charge in [-0.05, 0) is 29.8 Å². The molecule has 2 rings (SSSR count). The maximum absolute atomic E-state index is 6.35. The summed E-state index contributed by atoms with van der Waals surface area (Å²) >= 11 is 14.0. The highest BCUT2D eigenvalue weighted by Crippen LogP contribution is 2.36. The minimum absolute atomic E-state index is 0.692. The van der Waals surface area contributed by atoms with Crippen LogP contribution in [0.5, 0.6) is 0 Å². The van der Waals surface area contributed by atoms with E-state index in [2.05, 4.69) is 11.4 Å². The first-order valence-electron chi connectivity index (χ1n) is 6.61. The Hall–Kier alpha value is -0.710. The van der Waals surface area contributed by atoms with Gasteiger partial charge in [-0.1, -0.05) is 53.2 Å². The molecule has 0 aliphatic rings. The van der Waals surface area contributed by atoms with Gasteiger partial charge < -0.3 is 10.1 Å². The van der Waals surface area contributed by atoms with E-state index in [4.69, 9.17) is 27.9 Å². The minimum Gasteiger partial charge on any atom is -0.383 e. The molecule has 0 fully saturated rings. The van der Waals surface area contributed by atoms with E-state index in [0.717, 1.165) is 32.9 Å². The molecule has 0 aliphatic carbocycles. The molecule has 2 aromatic rings. The van der Waals surface area contributed by atoms with Crippen LogP contribution < -0.4 is 5.32 Å². The summed E-state index contributed by atoms with van der Waals surface area (Å²) in [5.41, 5.74) is 1.17. The van der Waals surface area contributed by atoms with Crippen molar-refractivity contribution in [1.82, 2.24) is 5.32 Å². The van der Waals surface area contributed by atoms with Crippen molar-refractivity contribution in [3.05, 3.63) is 58.1 Å². The number of halogens is 2. The molecule has 21 heavy (non-hydrogen) atoms. The fraction of sp³-hybridized carbons (Fsp3) is 0.250. The zero-order valence-corrected chi connectivity index (χ0v) is 14.1. The van der Waals surface area contributed by atoms with Crippen molar-refractivity contribution in [2.75, 3.05) is 20.3 Å². The van der Waals surface area contributed by atoms with Gasteiger partial charge in [0, 0.05) is 35.0 Å². The maximum Gasteiger partial charge on any atom is 0.0587 e. The lowest BCUT2D eigenvalue weighted by molar-refractivity contribution is 0.199. The van der Waals surface area contributed by atoms with Crippen LogP contribution in [0.2, 0.25) is 10.0 Å². The van der Waals surface area contributed by atoms with Crippen molar-refractivity contribution >= 4 is 35.0 Å². The van der Waals surface area contributed by atoms with Crippen LogP contribution in [0, 0.1) is 0 Å². The average Bonchev–Trinajstić information content (AvgIpc) is 2.47. The molecule has 5 heteroatoms. The van der Waals surface area contributed by atoms with Crippen molar-refractivity contribution in [2.45, 2.75) is 16.3 Å². The predicted molar refractivity (Wildman–Crippen MR) is 90.6 cm³/mol. The van der Waals surface area contributed by atoms with Crippen LogP contribution >= 0.6 is 35.0 Å². The summed E-state index contributed by atoms with van der Waals surface area (Å²) in [5, 5.41) is 4.83. The SMILES string of the molecule is COCCNCc1cccc(Cl)c1Sc1cccc(Cl)c1. The third-order valence-electron chi connectivity index (χ3n) is 2.86. The topological polar surface area (TPSA) is 21.3 Å². The Kier molecular flexibility index (Phi) is 6.87. The van der Waals surface area contributed by atoms with Crippen LogP contribution in [0.4, 0.5) is 0 Å². The number of rotatable bonds is 7. The lowest BCUT2D eigenvalue weighted by atomic mass is 10.2.